The van der Waals surface area contributed by atoms with Gasteiger partial charge < -0.3 is 5.11 Å². The normalized spacial score (nSPS) is 9.13. The number of hydrogen-bond donors (Lipinski definition) is 1. The highest BCUT2D eigenvalue weighted by Gasteiger charge is 2.09. The highest BCUT2D eigenvalue weighted by atomic mass is 79.9. The monoisotopic (exact) mass is 272 g/mol. The van der Waals surface area contributed by atoms with Gasteiger partial charge in [-0.05, 0) is 37.1 Å². The van der Waals surface area contributed by atoms with Crippen LogP contribution in [0.3, 0.4) is 0 Å². The molecule has 15 heavy (non-hydrogen) atoms. The summed E-state index contributed by atoms with van der Waals surface area (Å²) in [4.78, 5) is 10.7. The van der Waals surface area contributed by atoms with Gasteiger partial charge in [-0.1, -0.05) is 36.2 Å². The molecule has 1 N–H and O–H groups in total. The van der Waals surface area contributed by atoms with E-state index < -0.39 is 5.97 Å². The molecule has 0 saturated carbocycles. The summed E-state index contributed by atoms with van der Waals surface area (Å²) in [5.74, 6) is -0.872. The first-order chi connectivity index (χ1) is 6.95. The number of carbonyl (C=O) groups is 1. The molecule has 0 spiro atoms. The topological polar surface area (TPSA) is 37.3 Å². The van der Waals surface area contributed by atoms with E-state index in [-0.39, 0.29) is 0 Å². The van der Waals surface area contributed by atoms with Crippen LogP contribution in [0.4, 0.5) is 0 Å². The Labute approximate surface area is 99.5 Å². The van der Waals surface area contributed by atoms with Gasteiger partial charge in [0.25, 0.3) is 0 Å². The van der Waals surface area contributed by atoms with Gasteiger partial charge in [-0.25, -0.2) is 4.79 Å². The van der Waals surface area contributed by atoms with Gasteiger partial charge in [0.2, 0.25) is 0 Å². The largest absolute Gasteiger partial charge is 0.478 e. The smallest absolute Gasteiger partial charge is 0.335 e. The Morgan fingerprint density at radius 3 is 2.13 bits per heavy atom. The Balaban J connectivity index is 0.000000583. The van der Waals surface area contributed by atoms with Crippen LogP contribution < -0.4 is 0 Å². The molecule has 0 saturated heterocycles. The Morgan fingerprint density at radius 1 is 1.27 bits per heavy atom. The highest BCUT2D eigenvalue weighted by Crippen LogP contribution is 2.22. The van der Waals surface area contributed by atoms with E-state index in [4.69, 9.17) is 5.11 Å². The lowest BCUT2D eigenvalue weighted by Crippen LogP contribution is -2.01. The van der Waals surface area contributed by atoms with Crippen LogP contribution >= 0.6 is 15.9 Å². The maximum atomic E-state index is 10.7. The van der Waals surface area contributed by atoms with Gasteiger partial charge in [-0.3, -0.25) is 0 Å². The second-order valence-corrected chi connectivity index (χ2v) is 4.21. The van der Waals surface area contributed by atoms with Crippen molar-refractivity contribution >= 4 is 21.9 Å². The number of carboxylic acid groups (broad SMARTS) is 1. The maximum absolute atomic E-state index is 10.7. The minimum atomic E-state index is -0.872. The van der Waals surface area contributed by atoms with Crippen LogP contribution in [0.1, 0.15) is 41.8 Å². The first-order valence-electron chi connectivity index (χ1n) is 4.94. The molecule has 1 aromatic carbocycles. The van der Waals surface area contributed by atoms with Gasteiger partial charge in [0.05, 0.1) is 5.56 Å². The van der Waals surface area contributed by atoms with Gasteiger partial charge in [0.1, 0.15) is 0 Å². The van der Waals surface area contributed by atoms with Crippen molar-refractivity contribution in [3.8, 4) is 0 Å². The van der Waals surface area contributed by atoms with E-state index in [1.54, 1.807) is 12.1 Å². The summed E-state index contributed by atoms with van der Waals surface area (Å²) in [5, 5.41) is 8.77. The highest BCUT2D eigenvalue weighted by molar-refractivity contribution is 9.10. The Hall–Kier alpha value is -0.830. The molecule has 0 atom stereocenters. The standard InChI is InChI=1S/C9H9BrO2.C3H8/c1-5-6(2)8(10)4-3-7(5)9(11)12;1-3-2/h3-4H,1-2H3,(H,11,12);3H2,1-2H3. The molecule has 2 nitrogen and oxygen atoms in total. The molecule has 0 aromatic heterocycles. The summed E-state index contributed by atoms with van der Waals surface area (Å²) in [7, 11) is 0. The molecule has 0 radical (unpaired) electrons. The minimum absolute atomic E-state index is 0.371. The molecule has 84 valence electrons. The van der Waals surface area contributed by atoms with Crippen molar-refractivity contribution in [2.45, 2.75) is 34.1 Å². The van der Waals surface area contributed by atoms with Crippen LogP contribution in [-0.4, -0.2) is 11.1 Å². The van der Waals surface area contributed by atoms with Crippen molar-refractivity contribution in [3.63, 3.8) is 0 Å². The number of benzene rings is 1. The Kier molecular flexibility index (Phi) is 6.25. The van der Waals surface area contributed by atoms with E-state index in [1.165, 1.54) is 6.42 Å². The molecule has 0 aliphatic carbocycles. The number of aromatic carboxylic acids is 1. The lowest BCUT2D eigenvalue weighted by Gasteiger charge is -2.05. The van der Waals surface area contributed by atoms with E-state index >= 15 is 0 Å². The van der Waals surface area contributed by atoms with E-state index in [2.05, 4.69) is 29.8 Å². The predicted octanol–water partition coefficient (Wildman–Crippen LogP) is 4.18. The molecule has 0 aliphatic heterocycles. The molecular formula is C12H17BrO2. The molecule has 1 aromatic rings. The first-order valence-corrected chi connectivity index (χ1v) is 5.73. The molecule has 1 rings (SSSR count). The fourth-order valence-electron chi connectivity index (χ4n) is 1.02. The molecule has 3 heteroatoms. The van der Waals surface area contributed by atoms with Gasteiger partial charge >= 0.3 is 5.97 Å². The third-order valence-corrected chi connectivity index (χ3v) is 2.81. The van der Waals surface area contributed by atoms with Crippen molar-refractivity contribution in [1.82, 2.24) is 0 Å². The second kappa shape index (κ2) is 6.62. The number of halogens is 1. The lowest BCUT2D eigenvalue weighted by atomic mass is 10.0. The van der Waals surface area contributed by atoms with Crippen molar-refractivity contribution < 1.29 is 9.90 Å². The van der Waals surface area contributed by atoms with E-state index in [0.717, 1.165) is 15.6 Å². The minimum Gasteiger partial charge on any atom is -0.478 e. The average Bonchev–Trinajstić information content (AvgIpc) is 2.15. The Morgan fingerprint density at radius 2 is 1.73 bits per heavy atom. The molecule has 0 heterocycles. The maximum Gasteiger partial charge on any atom is 0.335 e. The molecule has 0 unspecified atom stereocenters. The fraction of sp³-hybridized carbons (Fsp3) is 0.417. The SMILES string of the molecule is CCC.Cc1c(Br)ccc(C(=O)O)c1C. The lowest BCUT2D eigenvalue weighted by molar-refractivity contribution is 0.0696. The summed E-state index contributed by atoms with van der Waals surface area (Å²) < 4.78 is 0.949. The van der Waals surface area contributed by atoms with Crippen molar-refractivity contribution in [1.29, 1.82) is 0 Å². The van der Waals surface area contributed by atoms with E-state index in [9.17, 15) is 4.79 Å². The summed E-state index contributed by atoms with van der Waals surface area (Å²) in [6.45, 7) is 7.95. The van der Waals surface area contributed by atoms with Gasteiger partial charge in [0, 0.05) is 4.47 Å². The third kappa shape index (κ3) is 4.04. The second-order valence-electron chi connectivity index (χ2n) is 3.36. The van der Waals surface area contributed by atoms with Crippen molar-refractivity contribution in [2.24, 2.45) is 0 Å². The van der Waals surface area contributed by atoms with Gasteiger partial charge in [0.15, 0.2) is 0 Å². The van der Waals surface area contributed by atoms with E-state index in [0.29, 0.717) is 5.56 Å². The van der Waals surface area contributed by atoms with Crippen LogP contribution in [0.25, 0.3) is 0 Å². The van der Waals surface area contributed by atoms with Crippen molar-refractivity contribution in [3.05, 3.63) is 33.3 Å². The van der Waals surface area contributed by atoms with Gasteiger partial charge in [-0.2, -0.15) is 0 Å². The number of carboxylic acids is 1. The van der Waals surface area contributed by atoms with E-state index in [1.807, 2.05) is 13.8 Å². The quantitative estimate of drug-likeness (QED) is 0.833. The zero-order valence-corrected chi connectivity index (χ0v) is 11.2. The molecule has 0 bridgehead atoms. The van der Waals surface area contributed by atoms with Crippen LogP contribution in [-0.2, 0) is 0 Å². The zero-order valence-electron chi connectivity index (χ0n) is 9.60. The zero-order chi connectivity index (χ0) is 12.0. The molecule has 0 amide bonds. The summed E-state index contributed by atoms with van der Waals surface area (Å²) in [6, 6.07) is 3.36. The molecular weight excluding hydrogens is 256 g/mol. The predicted molar refractivity (Wildman–Crippen MR) is 66.5 cm³/mol. The van der Waals surface area contributed by atoms with Gasteiger partial charge in [-0.15, -0.1) is 0 Å². The number of hydrogen-bond acceptors (Lipinski definition) is 1. The van der Waals surface area contributed by atoms with Crippen molar-refractivity contribution in [2.75, 3.05) is 0 Å². The Bertz CT molecular complexity index is 346. The first kappa shape index (κ1) is 14.2. The fourth-order valence-corrected chi connectivity index (χ4v) is 1.45. The molecule has 0 fully saturated rings. The third-order valence-electron chi connectivity index (χ3n) is 1.95. The summed E-state index contributed by atoms with van der Waals surface area (Å²) in [5.41, 5.74) is 2.17. The molecule has 0 aliphatic rings. The summed E-state index contributed by atoms with van der Waals surface area (Å²) >= 11 is 3.34. The van der Waals surface area contributed by atoms with Crippen LogP contribution in [0.2, 0.25) is 0 Å². The van der Waals surface area contributed by atoms with Crippen LogP contribution in [0.5, 0.6) is 0 Å². The number of rotatable bonds is 1. The van der Waals surface area contributed by atoms with Crippen LogP contribution in [0.15, 0.2) is 16.6 Å². The van der Waals surface area contributed by atoms with Crippen LogP contribution in [0, 0.1) is 13.8 Å². The average molecular weight is 273 g/mol. The summed E-state index contributed by atoms with van der Waals surface area (Å²) in [6.07, 6.45) is 1.25.